The van der Waals surface area contributed by atoms with Crippen molar-refractivity contribution in [2.24, 2.45) is 0 Å². The van der Waals surface area contributed by atoms with Crippen LogP contribution in [0, 0.1) is 0 Å². The van der Waals surface area contributed by atoms with Crippen LogP contribution >= 0.6 is 0 Å². The number of methoxy groups -OCH3 is 1. The molecule has 1 amide bonds. The highest BCUT2D eigenvalue weighted by molar-refractivity contribution is 7.90. The van der Waals surface area contributed by atoms with E-state index in [0.29, 0.717) is 43.3 Å². The Kier molecular flexibility index (Phi) is 8.04. The molecule has 13 heteroatoms. The number of piperazine rings is 1. The molecule has 1 saturated heterocycles. The lowest BCUT2D eigenvalue weighted by Crippen LogP contribution is -2.48. The molecule has 1 aliphatic heterocycles. The summed E-state index contributed by atoms with van der Waals surface area (Å²) in [5, 5.41) is 15.1. The Morgan fingerprint density at radius 3 is 2.35 bits per heavy atom. The molecular formula is C24H29N7O5S. The Bertz CT molecular complexity index is 1360. The van der Waals surface area contributed by atoms with Crippen LogP contribution in [0.4, 0.5) is 29.0 Å². The maximum atomic E-state index is 12.1. The second-order valence-electron chi connectivity index (χ2n) is 8.38. The molecule has 0 aliphatic carbocycles. The average Bonchev–Trinajstić information content (AvgIpc) is 2.89. The van der Waals surface area contributed by atoms with E-state index in [4.69, 9.17) is 9.84 Å². The first-order valence-electron chi connectivity index (χ1n) is 11.6. The number of anilines is 5. The van der Waals surface area contributed by atoms with E-state index in [-0.39, 0.29) is 35.7 Å². The number of sulfone groups is 1. The second-order valence-corrected chi connectivity index (χ2v) is 10.4. The van der Waals surface area contributed by atoms with Crippen LogP contribution in [-0.4, -0.2) is 85.4 Å². The zero-order chi connectivity index (χ0) is 26.4. The monoisotopic (exact) mass is 527 g/mol. The number of rotatable bonds is 9. The van der Waals surface area contributed by atoms with Gasteiger partial charge in [-0.15, -0.1) is 0 Å². The smallest absolute Gasteiger partial charge is 0.232 e. The van der Waals surface area contributed by atoms with Crippen molar-refractivity contribution >= 4 is 44.7 Å². The van der Waals surface area contributed by atoms with Gasteiger partial charge in [0.2, 0.25) is 17.8 Å². The lowest BCUT2D eigenvalue weighted by molar-refractivity contribution is -0.132. The number of aliphatic hydroxyl groups is 1. The van der Waals surface area contributed by atoms with Crippen molar-refractivity contribution in [1.82, 2.24) is 19.9 Å². The fourth-order valence-corrected chi connectivity index (χ4v) is 4.84. The molecule has 4 rings (SSSR count). The third-order valence-electron chi connectivity index (χ3n) is 5.86. The number of nitrogens with zero attached hydrogens (tertiary/aromatic N) is 5. The number of para-hydroxylation sites is 1. The van der Waals surface area contributed by atoms with E-state index in [9.17, 15) is 13.2 Å². The van der Waals surface area contributed by atoms with Crippen molar-refractivity contribution < 1.29 is 23.1 Å². The zero-order valence-corrected chi connectivity index (χ0v) is 21.4. The van der Waals surface area contributed by atoms with E-state index >= 15 is 0 Å². The van der Waals surface area contributed by atoms with Gasteiger partial charge in [0.15, 0.2) is 9.84 Å². The Hall–Kier alpha value is -3.97. The van der Waals surface area contributed by atoms with Crippen LogP contribution in [0.25, 0.3) is 0 Å². The van der Waals surface area contributed by atoms with Gasteiger partial charge in [0.1, 0.15) is 12.1 Å². The predicted octanol–water partition coefficient (Wildman–Crippen LogP) is 1.80. The van der Waals surface area contributed by atoms with Crippen LogP contribution in [-0.2, 0) is 14.6 Å². The minimum absolute atomic E-state index is 0.0368. The number of aromatic nitrogens is 3. The summed E-state index contributed by atoms with van der Waals surface area (Å²) in [6.07, 6.45) is 2.60. The topological polar surface area (TPSA) is 150 Å². The maximum absolute atomic E-state index is 12.1. The van der Waals surface area contributed by atoms with Gasteiger partial charge in [-0.1, -0.05) is 12.1 Å². The van der Waals surface area contributed by atoms with Gasteiger partial charge >= 0.3 is 0 Å². The number of nitrogens with one attached hydrogen (secondary N) is 2. The number of hydrogen-bond donors (Lipinski definition) is 3. The first-order valence-corrected chi connectivity index (χ1v) is 13.5. The Morgan fingerprint density at radius 2 is 1.70 bits per heavy atom. The molecular weight excluding hydrogens is 498 g/mol. The first kappa shape index (κ1) is 26.1. The first-order chi connectivity index (χ1) is 17.8. The number of hydrogen-bond acceptors (Lipinski definition) is 11. The Balaban J connectivity index is 1.47. The molecule has 0 radical (unpaired) electrons. The van der Waals surface area contributed by atoms with Crippen molar-refractivity contribution in [3.8, 4) is 5.75 Å². The van der Waals surface area contributed by atoms with Crippen LogP contribution < -0.4 is 20.3 Å². The molecule has 0 bridgehead atoms. The highest BCUT2D eigenvalue weighted by Crippen LogP contribution is 2.32. The van der Waals surface area contributed by atoms with Gasteiger partial charge in [0.25, 0.3) is 0 Å². The summed E-state index contributed by atoms with van der Waals surface area (Å²) in [5.74, 6) is 0.966. The van der Waals surface area contributed by atoms with Crippen molar-refractivity contribution in [1.29, 1.82) is 0 Å². The van der Waals surface area contributed by atoms with Gasteiger partial charge in [0.05, 0.1) is 30.0 Å². The summed E-state index contributed by atoms with van der Waals surface area (Å²) in [7, 11) is -1.88. The van der Waals surface area contributed by atoms with Crippen LogP contribution in [0.3, 0.4) is 0 Å². The summed E-state index contributed by atoms with van der Waals surface area (Å²) >= 11 is 0. The van der Waals surface area contributed by atoms with Gasteiger partial charge < -0.3 is 30.3 Å². The molecule has 1 aromatic heterocycles. The van der Waals surface area contributed by atoms with Gasteiger partial charge in [-0.05, 0) is 24.3 Å². The molecule has 0 spiro atoms. The SMILES string of the molecule is COc1cc(N2CCN(C(=O)CCO)CC2)ccc1Nc1ncnc(Nc2ccccc2S(C)(=O)=O)n1. The summed E-state index contributed by atoms with van der Waals surface area (Å²) in [5.41, 5.74) is 1.95. The van der Waals surface area contributed by atoms with Crippen LogP contribution in [0.15, 0.2) is 53.7 Å². The molecule has 2 heterocycles. The normalized spacial score (nSPS) is 13.8. The van der Waals surface area contributed by atoms with E-state index in [1.807, 2.05) is 18.2 Å². The van der Waals surface area contributed by atoms with E-state index < -0.39 is 9.84 Å². The summed E-state index contributed by atoms with van der Waals surface area (Å²) in [6, 6.07) is 12.2. The summed E-state index contributed by atoms with van der Waals surface area (Å²) in [6.45, 7) is 2.38. The number of amides is 1. The van der Waals surface area contributed by atoms with Gasteiger partial charge in [-0.3, -0.25) is 4.79 Å². The van der Waals surface area contributed by atoms with Gasteiger partial charge in [-0.2, -0.15) is 4.98 Å². The molecule has 196 valence electrons. The van der Waals surface area contributed by atoms with Gasteiger partial charge in [0, 0.05) is 50.6 Å². The van der Waals surface area contributed by atoms with E-state index in [1.54, 1.807) is 30.2 Å². The van der Waals surface area contributed by atoms with Crippen LogP contribution in [0.5, 0.6) is 5.75 Å². The van der Waals surface area contributed by atoms with Crippen molar-refractivity contribution in [2.45, 2.75) is 11.3 Å². The van der Waals surface area contributed by atoms with E-state index in [1.165, 1.54) is 12.4 Å². The molecule has 3 N–H and O–H groups in total. The number of ether oxygens (including phenoxy) is 1. The molecule has 0 unspecified atom stereocenters. The average molecular weight is 528 g/mol. The van der Waals surface area contributed by atoms with Gasteiger partial charge in [-0.25, -0.2) is 18.4 Å². The minimum atomic E-state index is -3.44. The molecule has 1 aliphatic rings. The molecule has 3 aromatic rings. The molecule has 1 fully saturated rings. The largest absolute Gasteiger partial charge is 0.494 e. The van der Waals surface area contributed by atoms with E-state index in [0.717, 1.165) is 11.9 Å². The summed E-state index contributed by atoms with van der Waals surface area (Å²) < 4.78 is 29.8. The maximum Gasteiger partial charge on any atom is 0.232 e. The molecule has 37 heavy (non-hydrogen) atoms. The lowest BCUT2D eigenvalue weighted by atomic mass is 10.2. The van der Waals surface area contributed by atoms with Crippen molar-refractivity contribution in [2.75, 3.05) is 61.7 Å². The minimum Gasteiger partial charge on any atom is -0.494 e. The number of carbonyl (C=O) groups is 1. The number of carbonyl (C=O) groups excluding carboxylic acids is 1. The van der Waals surface area contributed by atoms with Crippen molar-refractivity contribution in [3.05, 3.63) is 48.8 Å². The zero-order valence-electron chi connectivity index (χ0n) is 20.6. The fourth-order valence-electron chi connectivity index (χ4n) is 4.00. The third kappa shape index (κ3) is 6.43. The number of benzene rings is 2. The molecule has 2 aromatic carbocycles. The highest BCUT2D eigenvalue weighted by Gasteiger charge is 2.22. The molecule has 12 nitrogen and oxygen atoms in total. The quantitative estimate of drug-likeness (QED) is 0.374. The standard InChI is InChI=1S/C24H29N7O5S/c1-36-20-15-17(30-10-12-31(13-11-30)22(33)9-14-32)7-8-18(20)27-23-25-16-26-24(29-23)28-19-5-3-4-6-21(19)37(2,34)35/h3-8,15-16,32H,9-14H2,1-2H3,(H2,25,26,27,28,29). The van der Waals surface area contributed by atoms with Crippen LogP contribution in [0.1, 0.15) is 6.42 Å². The Labute approximate surface area is 215 Å². The van der Waals surface area contributed by atoms with E-state index in [2.05, 4.69) is 30.5 Å². The summed E-state index contributed by atoms with van der Waals surface area (Å²) in [4.78, 5) is 28.7. The van der Waals surface area contributed by atoms with Crippen molar-refractivity contribution in [3.63, 3.8) is 0 Å². The fraction of sp³-hybridized carbons (Fsp3) is 0.333. The predicted molar refractivity (Wildman–Crippen MR) is 139 cm³/mol. The second kappa shape index (κ2) is 11.4. The highest BCUT2D eigenvalue weighted by atomic mass is 32.2. The van der Waals surface area contributed by atoms with Crippen LogP contribution in [0.2, 0.25) is 0 Å². The molecule has 0 saturated carbocycles. The third-order valence-corrected chi connectivity index (χ3v) is 7.01. The lowest BCUT2D eigenvalue weighted by Gasteiger charge is -2.36. The number of aliphatic hydroxyl groups excluding tert-OH is 1. The Morgan fingerprint density at radius 1 is 1.03 bits per heavy atom. The molecule has 0 atom stereocenters.